The van der Waals surface area contributed by atoms with Crippen molar-refractivity contribution < 1.29 is 9.53 Å². The largest absolute Gasteiger partial charge is 0.494 e. The summed E-state index contributed by atoms with van der Waals surface area (Å²) in [5.41, 5.74) is 6.10. The number of aromatic nitrogens is 2. The Bertz CT molecular complexity index is 1360. The minimum Gasteiger partial charge on any atom is -0.494 e. The molecule has 1 N–H and O–H groups in total. The fraction of sp³-hybridized carbons (Fsp3) is 0.375. The van der Waals surface area contributed by atoms with E-state index in [-0.39, 0.29) is 5.91 Å². The van der Waals surface area contributed by atoms with Crippen LogP contribution in [0.15, 0.2) is 60.7 Å². The Kier molecular flexibility index (Phi) is 9.83. The maximum atomic E-state index is 12.4. The highest BCUT2D eigenvalue weighted by atomic mass is 35.5. The number of hydrogen-bond acceptors (Lipinski definition) is 3. The second-order valence-corrected chi connectivity index (χ2v) is 10.4. The number of hydrogen-bond donors (Lipinski definition) is 1. The Morgan fingerprint density at radius 3 is 2.42 bits per heavy atom. The molecule has 0 unspecified atom stereocenters. The van der Waals surface area contributed by atoms with E-state index in [0.717, 1.165) is 89.4 Å². The molecular weight excluding hydrogens is 494 g/mol. The standard InChI is InChI=1S/C32H38ClN3O2/c1-23-13-6-7-14-27(23)32(37)34-18-10-4-5-17-30-35-28-15-8-9-16-29(28)36(30)19-11-12-20-38-26-21-24(2)31(33)25(3)22-26/h6-9,13-16,21-22H,4-5,10-12,17-20H2,1-3H3,(H,34,37). The molecule has 200 valence electrons. The molecule has 0 aliphatic heterocycles. The molecule has 1 heterocycles. The van der Waals surface area contributed by atoms with Crippen molar-refractivity contribution in [3.05, 3.63) is 93.8 Å². The van der Waals surface area contributed by atoms with Gasteiger partial charge in [0.2, 0.25) is 0 Å². The van der Waals surface area contributed by atoms with Crippen LogP contribution in [0.4, 0.5) is 0 Å². The molecule has 1 aromatic heterocycles. The monoisotopic (exact) mass is 531 g/mol. The first-order valence-electron chi connectivity index (χ1n) is 13.6. The normalized spacial score (nSPS) is 11.2. The van der Waals surface area contributed by atoms with Gasteiger partial charge < -0.3 is 14.6 Å². The average Bonchev–Trinajstić information content (AvgIpc) is 3.26. The number of ether oxygens (including phenoxy) is 1. The lowest BCUT2D eigenvalue weighted by molar-refractivity contribution is 0.0952. The number of rotatable bonds is 13. The highest BCUT2D eigenvalue weighted by Crippen LogP contribution is 2.26. The van der Waals surface area contributed by atoms with Crippen molar-refractivity contribution in [1.29, 1.82) is 0 Å². The van der Waals surface area contributed by atoms with Gasteiger partial charge in [0.15, 0.2) is 0 Å². The van der Waals surface area contributed by atoms with Crippen LogP contribution in [0.5, 0.6) is 5.75 Å². The molecule has 1 amide bonds. The van der Waals surface area contributed by atoms with Gasteiger partial charge in [-0.1, -0.05) is 48.4 Å². The molecule has 5 nitrogen and oxygen atoms in total. The van der Waals surface area contributed by atoms with E-state index < -0.39 is 0 Å². The number of halogens is 1. The number of fused-ring (bicyclic) bond motifs is 1. The van der Waals surface area contributed by atoms with Gasteiger partial charge in [0.25, 0.3) is 5.91 Å². The first-order chi connectivity index (χ1) is 18.4. The summed E-state index contributed by atoms with van der Waals surface area (Å²) in [6.07, 6.45) is 5.96. The summed E-state index contributed by atoms with van der Waals surface area (Å²) in [5.74, 6) is 2.03. The lowest BCUT2D eigenvalue weighted by Gasteiger charge is -2.12. The van der Waals surface area contributed by atoms with Crippen LogP contribution in [0, 0.1) is 20.8 Å². The van der Waals surface area contributed by atoms with Gasteiger partial charge in [0.05, 0.1) is 17.6 Å². The van der Waals surface area contributed by atoms with E-state index in [0.29, 0.717) is 13.2 Å². The van der Waals surface area contributed by atoms with Crippen molar-refractivity contribution in [2.75, 3.05) is 13.2 Å². The van der Waals surface area contributed by atoms with E-state index in [4.69, 9.17) is 21.3 Å². The lowest BCUT2D eigenvalue weighted by atomic mass is 10.1. The van der Waals surface area contributed by atoms with Crippen molar-refractivity contribution in [1.82, 2.24) is 14.9 Å². The average molecular weight is 532 g/mol. The third-order valence-corrected chi connectivity index (χ3v) is 7.54. The number of benzene rings is 3. The Morgan fingerprint density at radius 2 is 1.63 bits per heavy atom. The van der Waals surface area contributed by atoms with Crippen LogP contribution in [0.2, 0.25) is 5.02 Å². The summed E-state index contributed by atoms with van der Waals surface area (Å²) in [4.78, 5) is 17.3. The highest BCUT2D eigenvalue weighted by molar-refractivity contribution is 6.32. The van der Waals surface area contributed by atoms with Crippen LogP contribution >= 0.6 is 11.6 Å². The molecule has 0 aliphatic carbocycles. The first kappa shape index (κ1) is 27.7. The van der Waals surface area contributed by atoms with Crippen LogP contribution in [0.1, 0.15) is 65.0 Å². The molecule has 6 heteroatoms. The van der Waals surface area contributed by atoms with E-state index in [1.54, 1.807) is 0 Å². The van der Waals surface area contributed by atoms with E-state index >= 15 is 0 Å². The number of unbranched alkanes of at least 4 members (excludes halogenated alkanes) is 3. The molecule has 0 atom stereocenters. The van der Waals surface area contributed by atoms with Crippen molar-refractivity contribution in [2.45, 2.75) is 65.8 Å². The van der Waals surface area contributed by atoms with Crippen LogP contribution < -0.4 is 10.1 Å². The molecule has 38 heavy (non-hydrogen) atoms. The fourth-order valence-corrected chi connectivity index (χ4v) is 4.94. The molecule has 3 aromatic carbocycles. The molecule has 0 radical (unpaired) electrons. The third kappa shape index (κ3) is 7.16. The maximum Gasteiger partial charge on any atom is 0.251 e. The zero-order valence-corrected chi connectivity index (χ0v) is 23.5. The van der Waals surface area contributed by atoms with Crippen molar-refractivity contribution in [2.24, 2.45) is 0 Å². The molecule has 0 fully saturated rings. The third-order valence-electron chi connectivity index (χ3n) is 6.94. The zero-order chi connectivity index (χ0) is 26.9. The quantitative estimate of drug-likeness (QED) is 0.180. The number of amides is 1. The van der Waals surface area contributed by atoms with Gasteiger partial charge in [-0.15, -0.1) is 0 Å². The summed E-state index contributed by atoms with van der Waals surface area (Å²) in [5, 5.41) is 3.86. The zero-order valence-electron chi connectivity index (χ0n) is 22.7. The number of nitrogens with one attached hydrogen (secondary N) is 1. The van der Waals surface area contributed by atoms with Gasteiger partial charge in [-0.25, -0.2) is 4.98 Å². The molecule has 0 aliphatic rings. The smallest absolute Gasteiger partial charge is 0.251 e. The van der Waals surface area contributed by atoms with Gasteiger partial charge in [-0.2, -0.15) is 0 Å². The summed E-state index contributed by atoms with van der Waals surface area (Å²) < 4.78 is 8.37. The Labute approximate surface area is 231 Å². The Hall–Kier alpha value is -3.31. The number of carbonyl (C=O) groups excluding carboxylic acids is 1. The Morgan fingerprint density at radius 1 is 0.895 bits per heavy atom. The van der Waals surface area contributed by atoms with Gasteiger partial charge >= 0.3 is 0 Å². The summed E-state index contributed by atoms with van der Waals surface area (Å²) >= 11 is 6.27. The van der Waals surface area contributed by atoms with Crippen LogP contribution in [-0.4, -0.2) is 28.6 Å². The second-order valence-electron chi connectivity index (χ2n) is 9.98. The number of carbonyl (C=O) groups is 1. The number of aryl methyl sites for hydroxylation is 5. The van der Waals surface area contributed by atoms with Crippen molar-refractivity contribution >= 4 is 28.5 Å². The predicted octanol–water partition coefficient (Wildman–Crippen LogP) is 7.62. The van der Waals surface area contributed by atoms with Crippen LogP contribution in [0.3, 0.4) is 0 Å². The number of nitrogens with zero attached hydrogens (tertiary/aromatic N) is 2. The van der Waals surface area contributed by atoms with Gasteiger partial charge in [-0.3, -0.25) is 4.79 Å². The molecule has 4 aromatic rings. The Balaban J connectivity index is 1.23. The van der Waals surface area contributed by atoms with Gasteiger partial charge in [-0.05, 0) is 93.5 Å². The second kappa shape index (κ2) is 13.5. The van der Waals surface area contributed by atoms with E-state index in [9.17, 15) is 4.79 Å². The van der Waals surface area contributed by atoms with Crippen LogP contribution in [0.25, 0.3) is 11.0 Å². The summed E-state index contributed by atoms with van der Waals surface area (Å²) in [6.45, 7) is 8.28. The van der Waals surface area contributed by atoms with Gasteiger partial charge in [0, 0.05) is 30.1 Å². The predicted molar refractivity (Wildman–Crippen MR) is 156 cm³/mol. The van der Waals surface area contributed by atoms with Crippen LogP contribution in [-0.2, 0) is 13.0 Å². The minimum atomic E-state index is 0.00945. The summed E-state index contributed by atoms with van der Waals surface area (Å²) in [6, 6.07) is 20.1. The topological polar surface area (TPSA) is 56.2 Å². The molecule has 0 saturated heterocycles. The number of imidazole rings is 1. The van der Waals surface area contributed by atoms with Crippen molar-refractivity contribution in [3.63, 3.8) is 0 Å². The minimum absolute atomic E-state index is 0.00945. The maximum absolute atomic E-state index is 12.4. The molecule has 0 bridgehead atoms. The molecular formula is C32H38ClN3O2. The van der Waals surface area contributed by atoms with E-state index in [1.807, 2.05) is 63.2 Å². The van der Waals surface area contributed by atoms with Crippen molar-refractivity contribution in [3.8, 4) is 5.75 Å². The lowest BCUT2D eigenvalue weighted by Crippen LogP contribution is -2.25. The van der Waals surface area contributed by atoms with E-state index in [1.165, 1.54) is 5.52 Å². The first-order valence-corrected chi connectivity index (χ1v) is 14.0. The number of para-hydroxylation sites is 2. The molecule has 4 rings (SSSR count). The SMILES string of the molecule is Cc1ccccc1C(=O)NCCCCCc1nc2ccccc2n1CCCCOc1cc(C)c(Cl)c(C)c1. The summed E-state index contributed by atoms with van der Waals surface area (Å²) in [7, 11) is 0. The van der Waals surface area contributed by atoms with Gasteiger partial charge in [0.1, 0.15) is 11.6 Å². The highest BCUT2D eigenvalue weighted by Gasteiger charge is 2.11. The van der Waals surface area contributed by atoms with E-state index in [2.05, 4.69) is 28.1 Å². The fourth-order valence-electron chi connectivity index (χ4n) is 4.83. The molecule has 0 saturated carbocycles. The molecule has 0 spiro atoms.